The van der Waals surface area contributed by atoms with Crippen molar-refractivity contribution >= 4 is 6.29 Å². The van der Waals surface area contributed by atoms with Crippen molar-refractivity contribution in [1.82, 2.24) is 0 Å². The lowest BCUT2D eigenvalue weighted by atomic mass is 9.96. The monoisotopic (exact) mass is 194 g/mol. The zero-order valence-corrected chi connectivity index (χ0v) is 7.97. The SMILES string of the molecule is Cc1c(C=O)cc(F)c2c1CCCO2. The Labute approximate surface area is 81.7 Å². The summed E-state index contributed by atoms with van der Waals surface area (Å²) in [5.74, 6) is -0.0910. The van der Waals surface area contributed by atoms with Crippen LogP contribution in [0.2, 0.25) is 0 Å². The first-order chi connectivity index (χ1) is 6.74. The van der Waals surface area contributed by atoms with E-state index in [-0.39, 0.29) is 0 Å². The van der Waals surface area contributed by atoms with Gasteiger partial charge in [0.15, 0.2) is 11.6 Å². The lowest BCUT2D eigenvalue weighted by Gasteiger charge is -2.20. The van der Waals surface area contributed by atoms with Crippen LogP contribution in [0.4, 0.5) is 4.39 Å². The van der Waals surface area contributed by atoms with Gasteiger partial charge in [0.2, 0.25) is 0 Å². The van der Waals surface area contributed by atoms with Crippen molar-refractivity contribution in [2.45, 2.75) is 19.8 Å². The van der Waals surface area contributed by atoms with Crippen LogP contribution in [0.15, 0.2) is 6.07 Å². The van der Waals surface area contributed by atoms with Crippen LogP contribution in [0.1, 0.15) is 27.9 Å². The third-order valence-electron chi connectivity index (χ3n) is 2.60. The second-order valence-electron chi connectivity index (χ2n) is 3.45. The number of hydrogen-bond donors (Lipinski definition) is 0. The number of fused-ring (bicyclic) bond motifs is 1. The summed E-state index contributed by atoms with van der Waals surface area (Å²) in [5.41, 5.74) is 2.11. The first-order valence-electron chi connectivity index (χ1n) is 4.64. The number of benzene rings is 1. The van der Waals surface area contributed by atoms with Gasteiger partial charge in [0.1, 0.15) is 6.29 Å². The minimum absolute atomic E-state index is 0.333. The molecule has 1 aromatic carbocycles. The van der Waals surface area contributed by atoms with Crippen LogP contribution >= 0.6 is 0 Å². The van der Waals surface area contributed by atoms with Gasteiger partial charge in [0.05, 0.1) is 6.61 Å². The lowest BCUT2D eigenvalue weighted by molar-refractivity contribution is 0.112. The second-order valence-corrected chi connectivity index (χ2v) is 3.45. The maximum Gasteiger partial charge on any atom is 0.166 e. The number of hydrogen-bond acceptors (Lipinski definition) is 2. The van der Waals surface area contributed by atoms with E-state index >= 15 is 0 Å². The fraction of sp³-hybridized carbons (Fsp3) is 0.364. The van der Waals surface area contributed by atoms with Crippen LogP contribution in [-0.2, 0) is 6.42 Å². The third kappa shape index (κ3) is 1.29. The predicted octanol–water partition coefficient (Wildman–Crippen LogP) is 2.27. The number of carbonyl (C=O) groups excluding carboxylic acids is 1. The van der Waals surface area contributed by atoms with E-state index in [1.807, 2.05) is 6.92 Å². The van der Waals surface area contributed by atoms with Gasteiger partial charge in [0.25, 0.3) is 0 Å². The van der Waals surface area contributed by atoms with Gasteiger partial charge in [-0.15, -0.1) is 0 Å². The molecule has 2 nitrogen and oxygen atoms in total. The maximum atomic E-state index is 13.4. The summed E-state index contributed by atoms with van der Waals surface area (Å²) in [6.07, 6.45) is 2.36. The van der Waals surface area contributed by atoms with Gasteiger partial charge in [-0.05, 0) is 31.4 Å². The molecule has 0 unspecified atom stereocenters. The normalized spacial score (nSPS) is 14.4. The molecular formula is C11H11FO2. The van der Waals surface area contributed by atoms with Gasteiger partial charge in [-0.3, -0.25) is 4.79 Å². The van der Waals surface area contributed by atoms with E-state index < -0.39 is 5.82 Å². The summed E-state index contributed by atoms with van der Waals surface area (Å²) in [4.78, 5) is 10.7. The smallest absolute Gasteiger partial charge is 0.166 e. The van der Waals surface area contributed by atoms with E-state index in [1.165, 1.54) is 6.07 Å². The van der Waals surface area contributed by atoms with E-state index in [4.69, 9.17) is 4.74 Å². The minimum Gasteiger partial charge on any atom is -0.490 e. The Morgan fingerprint density at radius 2 is 2.36 bits per heavy atom. The molecule has 0 saturated carbocycles. The zero-order valence-electron chi connectivity index (χ0n) is 7.97. The highest BCUT2D eigenvalue weighted by molar-refractivity contribution is 5.78. The molecule has 0 spiro atoms. The first kappa shape index (κ1) is 9.19. The highest BCUT2D eigenvalue weighted by atomic mass is 19.1. The molecule has 0 fully saturated rings. The molecule has 0 saturated heterocycles. The number of halogens is 1. The quantitative estimate of drug-likeness (QED) is 0.641. The highest BCUT2D eigenvalue weighted by Gasteiger charge is 2.19. The van der Waals surface area contributed by atoms with Crippen molar-refractivity contribution in [2.24, 2.45) is 0 Å². The van der Waals surface area contributed by atoms with Gasteiger partial charge < -0.3 is 4.74 Å². The lowest BCUT2D eigenvalue weighted by Crippen LogP contribution is -2.12. The second kappa shape index (κ2) is 3.40. The van der Waals surface area contributed by atoms with Crippen LogP contribution < -0.4 is 4.74 Å². The van der Waals surface area contributed by atoms with Crippen molar-refractivity contribution < 1.29 is 13.9 Å². The maximum absolute atomic E-state index is 13.4. The van der Waals surface area contributed by atoms with Crippen molar-refractivity contribution in [3.63, 3.8) is 0 Å². The molecule has 74 valence electrons. The molecule has 0 N–H and O–H groups in total. The Kier molecular flexibility index (Phi) is 2.23. The summed E-state index contributed by atoms with van der Waals surface area (Å²) in [6.45, 7) is 2.39. The van der Waals surface area contributed by atoms with Crippen molar-refractivity contribution in [2.75, 3.05) is 6.61 Å². The first-order valence-corrected chi connectivity index (χ1v) is 4.64. The van der Waals surface area contributed by atoms with Crippen LogP contribution in [0.3, 0.4) is 0 Å². The zero-order chi connectivity index (χ0) is 10.1. The molecule has 0 amide bonds. The van der Waals surface area contributed by atoms with Gasteiger partial charge >= 0.3 is 0 Å². The molecule has 1 heterocycles. The number of carbonyl (C=O) groups is 1. The number of aldehydes is 1. The van der Waals surface area contributed by atoms with Crippen molar-refractivity contribution in [1.29, 1.82) is 0 Å². The summed E-state index contributed by atoms with van der Waals surface area (Å²) in [7, 11) is 0. The fourth-order valence-corrected chi connectivity index (χ4v) is 1.80. The molecule has 1 aliphatic heterocycles. The molecule has 2 rings (SSSR count). The molecular weight excluding hydrogens is 183 g/mol. The highest BCUT2D eigenvalue weighted by Crippen LogP contribution is 2.32. The Morgan fingerprint density at radius 1 is 1.57 bits per heavy atom. The molecule has 0 bridgehead atoms. The number of ether oxygens (including phenoxy) is 1. The largest absolute Gasteiger partial charge is 0.490 e. The van der Waals surface area contributed by atoms with Gasteiger partial charge in [-0.2, -0.15) is 0 Å². The summed E-state index contributed by atoms with van der Waals surface area (Å²) in [6, 6.07) is 1.24. The summed E-state index contributed by atoms with van der Waals surface area (Å²) in [5, 5.41) is 0. The minimum atomic E-state index is -0.424. The van der Waals surface area contributed by atoms with E-state index in [9.17, 15) is 9.18 Å². The van der Waals surface area contributed by atoms with Gasteiger partial charge in [-0.1, -0.05) is 0 Å². The van der Waals surface area contributed by atoms with E-state index in [1.54, 1.807) is 0 Å². The standard InChI is InChI=1S/C11H11FO2/c1-7-8(6-13)5-10(12)11-9(7)3-2-4-14-11/h5-6H,2-4H2,1H3. The molecule has 0 aromatic heterocycles. The molecule has 0 atom stereocenters. The fourth-order valence-electron chi connectivity index (χ4n) is 1.80. The van der Waals surface area contributed by atoms with E-state index in [2.05, 4.69) is 0 Å². The third-order valence-corrected chi connectivity index (χ3v) is 2.60. The Hall–Kier alpha value is -1.38. The number of rotatable bonds is 1. The van der Waals surface area contributed by atoms with Crippen LogP contribution in [0.5, 0.6) is 5.75 Å². The van der Waals surface area contributed by atoms with E-state index in [0.29, 0.717) is 24.2 Å². The Bertz CT molecular complexity index is 385. The van der Waals surface area contributed by atoms with Crippen molar-refractivity contribution in [3.05, 3.63) is 28.6 Å². The molecule has 14 heavy (non-hydrogen) atoms. The topological polar surface area (TPSA) is 26.3 Å². The van der Waals surface area contributed by atoms with Gasteiger partial charge in [0, 0.05) is 11.1 Å². The molecule has 1 aromatic rings. The molecule has 3 heteroatoms. The average Bonchev–Trinajstić information content (AvgIpc) is 2.23. The molecule has 0 aliphatic carbocycles. The average molecular weight is 194 g/mol. The van der Waals surface area contributed by atoms with E-state index in [0.717, 1.165) is 24.0 Å². The van der Waals surface area contributed by atoms with Crippen LogP contribution in [0, 0.1) is 12.7 Å². The summed E-state index contributed by atoms with van der Waals surface area (Å²) >= 11 is 0. The summed E-state index contributed by atoms with van der Waals surface area (Å²) < 4.78 is 18.7. The van der Waals surface area contributed by atoms with Crippen LogP contribution in [-0.4, -0.2) is 12.9 Å². The Morgan fingerprint density at radius 3 is 3.07 bits per heavy atom. The Balaban J connectivity index is 2.64. The van der Waals surface area contributed by atoms with Crippen LogP contribution in [0.25, 0.3) is 0 Å². The molecule has 1 aliphatic rings. The molecule has 0 radical (unpaired) electrons. The van der Waals surface area contributed by atoms with Crippen molar-refractivity contribution in [3.8, 4) is 5.75 Å². The van der Waals surface area contributed by atoms with Gasteiger partial charge in [-0.25, -0.2) is 4.39 Å². The predicted molar refractivity (Wildman–Crippen MR) is 50.3 cm³/mol.